The first-order valence-electron chi connectivity index (χ1n) is 8.26. The van der Waals surface area contributed by atoms with E-state index in [1.165, 1.54) is 0 Å². The van der Waals surface area contributed by atoms with Crippen molar-refractivity contribution in [1.82, 2.24) is 10.6 Å². The lowest BCUT2D eigenvalue weighted by Crippen LogP contribution is -2.48. The second-order valence-electron chi connectivity index (χ2n) is 6.21. The molecule has 0 bridgehead atoms. The number of nitrogens with two attached hydrogens (primary N) is 1. The van der Waals surface area contributed by atoms with E-state index in [0.29, 0.717) is 6.54 Å². The van der Waals surface area contributed by atoms with Crippen LogP contribution in [-0.4, -0.2) is 30.9 Å². The van der Waals surface area contributed by atoms with Gasteiger partial charge in [-0.05, 0) is 49.6 Å². The molecule has 0 heterocycles. The molecule has 0 aromatic heterocycles. The SMILES string of the molecule is NCC1CCCCC1NC(=O)CNC(=O)c1ccc(C(F)(F)F)cc1. The molecule has 1 aliphatic carbocycles. The van der Waals surface area contributed by atoms with Crippen LogP contribution in [0.5, 0.6) is 0 Å². The molecule has 1 fully saturated rings. The van der Waals surface area contributed by atoms with Gasteiger partial charge >= 0.3 is 6.18 Å². The summed E-state index contributed by atoms with van der Waals surface area (Å²) in [7, 11) is 0. The summed E-state index contributed by atoms with van der Waals surface area (Å²) in [5.74, 6) is -0.684. The third-order valence-electron chi connectivity index (χ3n) is 4.44. The molecule has 1 aliphatic rings. The molecule has 138 valence electrons. The molecule has 2 atom stereocenters. The van der Waals surface area contributed by atoms with Crippen molar-refractivity contribution in [2.45, 2.75) is 37.9 Å². The highest BCUT2D eigenvalue weighted by molar-refractivity contribution is 5.96. The summed E-state index contributed by atoms with van der Waals surface area (Å²) in [5, 5.41) is 5.29. The maximum absolute atomic E-state index is 12.5. The van der Waals surface area contributed by atoms with Crippen LogP contribution in [0.15, 0.2) is 24.3 Å². The largest absolute Gasteiger partial charge is 0.416 e. The lowest BCUT2D eigenvalue weighted by Gasteiger charge is -2.31. The number of nitrogens with one attached hydrogen (secondary N) is 2. The Bertz CT molecular complexity index is 602. The quantitative estimate of drug-likeness (QED) is 0.754. The second kappa shape index (κ2) is 8.33. The zero-order valence-electron chi connectivity index (χ0n) is 13.7. The van der Waals surface area contributed by atoms with Gasteiger partial charge in [-0.3, -0.25) is 9.59 Å². The summed E-state index contributed by atoms with van der Waals surface area (Å²) in [6.45, 7) is 0.274. The summed E-state index contributed by atoms with van der Waals surface area (Å²) in [6.07, 6.45) is -0.494. The van der Waals surface area contributed by atoms with Crippen molar-refractivity contribution in [2.75, 3.05) is 13.1 Å². The van der Waals surface area contributed by atoms with Gasteiger partial charge in [0.15, 0.2) is 0 Å². The predicted octanol–water partition coefficient (Wildman–Crippen LogP) is 2.07. The third-order valence-corrected chi connectivity index (χ3v) is 4.44. The van der Waals surface area contributed by atoms with E-state index < -0.39 is 17.6 Å². The van der Waals surface area contributed by atoms with Crippen molar-refractivity contribution in [2.24, 2.45) is 11.7 Å². The Hall–Kier alpha value is -2.09. The van der Waals surface area contributed by atoms with Crippen molar-refractivity contribution >= 4 is 11.8 Å². The third kappa shape index (κ3) is 5.45. The van der Waals surface area contributed by atoms with Crippen LogP contribution in [0.4, 0.5) is 13.2 Å². The summed E-state index contributed by atoms with van der Waals surface area (Å²) in [6, 6.07) is 3.85. The summed E-state index contributed by atoms with van der Waals surface area (Å²) < 4.78 is 37.5. The highest BCUT2D eigenvalue weighted by Crippen LogP contribution is 2.29. The minimum absolute atomic E-state index is 0.00854. The molecule has 0 radical (unpaired) electrons. The van der Waals surface area contributed by atoms with E-state index >= 15 is 0 Å². The van der Waals surface area contributed by atoms with E-state index in [9.17, 15) is 22.8 Å². The number of rotatable bonds is 5. The number of hydrogen-bond acceptors (Lipinski definition) is 3. The van der Waals surface area contributed by atoms with Gasteiger partial charge in [-0.25, -0.2) is 0 Å². The standard InChI is InChI=1S/C17H22F3N3O2/c18-17(19,20)13-7-5-11(6-8-13)16(25)22-10-15(24)23-14-4-2-1-3-12(14)9-21/h5-8,12,14H,1-4,9-10,21H2,(H,22,25)(H,23,24). The van der Waals surface area contributed by atoms with E-state index in [-0.39, 0.29) is 30.0 Å². The second-order valence-corrected chi connectivity index (χ2v) is 6.21. The van der Waals surface area contributed by atoms with Gasteiger partial charge in [0, 0.05) is 11.6 Å². The fraction of sp³-hybridized carbons (Fsp3) is 0.529. The molecule has 25 heavy (non-hydrogen) atoms. The Morgan fingerprint density at radius 3 is 2.36 bits per heavy atom. The van der Waals surface area contributed by atoms with Gasteiger partial charge < -0.3 is 16.4 Å². The van der Waals surface area contributed by atoms with Gasteiger partial charge in [0.1, 0.15) is 0 Å². The van der Waals surface area contributed by atoms with Crippen LogP contribution in [0.25, 0.3) is 0 Å². The maximum atomic E-state index is 12.5. The molecule has 1 saturated carbocycles. The number of carbonyl (C=O) groups is 2. The number of amides is 2. The van der Waals surface area contributed by atoms with Gasteiger partial charge in [0.05, 0.1) is 12.1 Å². The van der Waals surface area contributed by atoms with Crippen LogP contribution >= 0.6 is 0 Å². The summed E-state index contributed by atoms with van der Waals surface area (Å²) in [5.41, 5.74) is 4.95. The molecular formula is C17H22F3N3O2. The maximum Gasteiger partial charge on any atom is 0.416 e. The molecular weight excluding hydrogens is 335 g/mol. The summed E-state index contributed by atoms with van der Waals surface area (Å²) in [4.78, 5) is 23.9. The number of alkyl halides is 3. The minimum Gasteiger partial charge on any atom is -0.352 e. The molecule has 5 nitrogen and oxygen atoms in total. The number of carbonyl (C=O) groups excluding carboxylic acids is 2. The first-order valence-corrected chi connectivity index (χ1v) is 8.26. The highest BCUT2D eigenvalue weighted by atomic mass is 19.4. The monoisotopic (exact) mass is 357 g/mol. The van der Waals surface area contributed by atoms with E-state index in [0.717, 1.165) is 49.9 Å². The van der Waals surface area contributed by atoms with Gasteiger partial charge in [0.25, 0.3) is 5.91 Å². The van der Waals surface area contributed by atoms with Crippen LogP contribution in [0.1, 0.15) is 41.6 Å². The summed E-state index contributed by atoms with van der Waals surface area (Å²) >= 11 is 0. The molecule has 2 rings (SSSR count). The molecule has 2 amide bonds. The molecule has 8 heteroatoms. The van der Waals surface area contributed by atoms with E-state index in [1.807, 2.05) is 0 Å². The van der Waals surface area contributed by atoms with Crippen LogP contribution in [-0.2, 0) is 11.0 Å². The number of hydrogen-bond donors (Lipinski definition) is 3. The lowest BCUT2D eigenvalue weighted by molar-refractivity contribution is -0.137. The molecule has 0 spiro atoms. The van der Waals surface area contributed by atoms with E-state index in [2.05, 4.69) is 10.6 Å². The van der Waals surface area contributed by atoms with Crippen molar-refractivity contribution in [3.05, 3.63) is 35.4 Å². The van der Waals surface area contributed by atoms with Crippen molar-refractivity contribution < 1.29 is 22.8 Å². The van der Waals surface area contributed by atoms with Gasteiger partial charge in [-0.2, -0.15) is 13.2 Å². The van der Waals surface area contributed by atoms with Crippen LogP contribution in [0.2, 0.25) is 0 Å². The molecule has 0 saturated heterocycles. The van der Waals surface area contributed by atoms with Crippen molar-refractivity contribution in [3.8, 4) is 0 Å². The Morgan fingerprint density at radius 1 is 1.12 bits per heavy atom. The van der Waals surface area contributed by atoms with E-state index in [4.69, 9.17) is 5.73 Å². The molecule has 1 aromatic rings. The Balaban J connectivity index is 1.83. The normalized spacial score (nSPS) is 20.8. The van der Waals surface area contributed by atoms with E-state index in [1.54, 1.807) is 0 Å². The van der Waals surface area contributed by atoms with Gasteiger partial charge in [0.2, 0.25) is 5.91 Å². The first-order chi connectivity index (χ1) is 11.8. The fourth-order valence-corrected chi connectivity index (χ4v) is 3.01. The Kier molecular flexibility index (Phi) is 6.41. The van der Waals surface area contributed by atoms with Crippen LogP contribution < -0.4 is 16.4 Å². The van der Waals surface area contributed by atoms with Crippen molar-refractivity contribution in [3.63, 3.8) is 0 Å². The Labute approximate surface area is 144 Å². The zero-order valence-corrected chi connectivity index (χ0v) is 13.7. The first kappa shape index (κ1) is 19.2. The van der Waals surface area contributed by atoms with Crippen LogP contribution in [0.3, 0.4) is 0 Å². The van der Waals surface area contributed by atoms with Gasteiger partial charge in [-0.1, -0.05) is 12.8 Å². The fourth-order valence-electron chi connectivity index (χ4n) is 3.01. The van der Waals surface area contributed by atoms with Crippen molar-refractivity contribution in [1.29, 1.82) is 0 Å². The molecule has 0 aliphatic heterocycles. The smallest absolute Gasteiger partial charge is 0.352 e. The topological polar surface area (TPSA) is 84.2 Å². The lowest BCUT2D eigenvalue weighted by atomic mass is 9.84. The number of benzene rings is 1. The van der Waals surface area contributed by atoms with Crippen LogP contribution in [0, 0.1) is 5.92 Å². The zero-order chi connectivity index (χ0) is 18.4. The van der Waals surface area contributed by atoms with Gasteiger partial charge in [-0.15, -0.1) is 0 Å². The molecule has 1 aromatic carbocycles. The average molecular weight is 357 g/mol. The Morgan fingerprint density at radius 2 is 1.76 bits per heavy atom. The predicted molar refractivity (Wildman–Crippen MR) is 86.7 cm³/mol. The average Bonchev–Trinajstić information content (AvgIpc) is 2.59. The molecule has 2 unspecified atom stereocenters. The molecule has 4 N–H and O–H groups in total. The minimum atomic E-state index is -4.45. The number of halogens is 3. The highest BCUT2D eigenvalue weighted by Gasteiger charge is 2.30.